The molecule has 0 aliphatic carbocycles. The summed E-state index contributed by atoms with van der Waals surface area (Å²) in [5.41, 5.74) is 0.00782. The third-order valence-electron chi connectivity index (χ3n) is 2.11. The fraction of sp³-hybridized carbons (Fsp3) is 0.800. The molecule has 0 unspecified atom stereocenters. The molecule has 0 aromatic carbocycles. The molecule has 0 saturated heterocycles. The molecule has 0 spiro atoms. The molecule has 0 radical (unpaired) electrons. The zero-order valence-corrected chi connectivity index (χ0v) is 10.1. The molecule has 0 fully saturated rings. The zero-order chi connectivity index (χ0) is 10.8. The van der Waals surface area contributed by atoms with E-state index in [9.17, 15) is 0 Å². The summed E-state index contributed by atoms with van der Waals surface area (Å²) in [5, 5.41) is 8.54. The lowest BCUT2D eigenvalue weighted by atomic mass is 9.95. The first-order valence-corrected chi connectivity index (χ1v) is 5.43. The number of aromatic nitrogens is 3. The normalized spacial score (nSPS) is 12.1. The maximum absolute atomic E-state index is 5.98. The van der Waals surface area contributed by atoms with Crippen LogP contribution in [0.4, 0.5) is 0 Å². The standard InChI is InChI=1S/C10H18ClN3/c1-5-6-7-14-8(10(2,3)4)12-13-9(14)11/h5-7H2,1-4H3. The summed E-state index contributed by atoms with van der Waals surface area (Å²) in [5.74, 6) is 0.968. The van der Waals surface area contributed by atoms with Crippen LogP contribution in [0.3, 0.4) is 0 Å². The molecule has 0 atom stereocenters. The van der Waals surface area contributed by atoms with E-state index < -0.39 is 0 Å². The molecule has 1 rings (SSSR count). The first-order valence-electron chi connectivity index (χ1n) is 5.06. The molecule has 14 heavy (non-hydrogen) atoms. The quantitative estimate of drug-likeness (QED) is 0.776. The van der Waals surface area contributed by atoms with Crippen molar-refractivity contribution in [2.24, 2.45) is 0 Å². The first kappa shape index (κ1) is 11.5. The van der Waals surface area contributed by atoms with Gasteiger partial charge in [-0.1, -0.05) is 34.1 Å². The number of hydrogen-bond donors (Lipinski definition) is 0. The topological polar surface area (TPSA) is 30.7 Å². The molecule has 0 saturated carbocycles. The summed E-state index contributed by atoms with van der Waals surface area (Å²) < 4.78 is 2.01. The van der Waals surface area contributed by atoms with Crippen LogP contribution in [0.1, 0.15) is 46.4 Å². The van der Waals surface area contributed by atoms with E-state index in [1.54, 1.807) is 0 Å². The van der Waals surface area contributed by atoms with Gasteiger partial charge in [0.25, 0.3) is 0 Å². The highest BCUT2D eigenvalue weighted by Gasteiger charge is 2.22. The molecule has 3 nitrogen and oxygen atoms in total. The summed E-state index contributed by atoms with van der Waals surface area (Å²) in [6, 6.07) is 0. The molecule has 0 amide bonds. The van der Waals surface area contributed by atoms with Crippen molar-refractivity contribution in [3.63, 3.8) is 0 Å². The van der Waals surface area contributed by atoms with Gasteiger partial charge in [0.2, 0.25) is 5.28 Å². The number of unbranched alkanes of at least 4 members (excludes halogenated alkanes) is 1. The fourth-order valence-electron chi connectivity index (χ4n) is 1.35. The van der Waals surface area contributed by atoms with Crippen molar-refractivity contribution < 1.29 is 0 Å². The Hall–Kier alpha value is -0.570. The first-order chi connectivity index (χ1) is 6.46. The Morgan fingerprint density at radius 1 is 1.29 bits per heavy atom. The summed E-state index contributed by atoms with van der Waals surface area (Å²) >= 11 is 5.98. The van der Waals surface area contributed by atoms with Crippen molar-refractivity contribution in [3.8, 4) is 0 Å². The second-order valence-corrected chi connectivity index (χ2v) is 4.89. The summed E-state index contributed by atoms with van der Waals surface area (Å²) in [7, 11) is 0. The fourth-order valence-corrected chi connectivity index (χ4v) is 1.56. The minimum Gasteiger partial charge on any atom is -0.301 e. The van der Waals surface area contributed by atoms with Gasteiger partial charge in [0.15, 0.2) is 0 Å². The lowest BCUT2D eigenvalue weighted by Crippen LogP contribution is -2.19. The van der Waals surface area contributed by atoms with Gasteiger partial charge >= 0.3 is 0 Å². The van der Waals surface area contributed by atoms with Crippen molar-refractivity contribution in [3.05, 3.63) is 11.1 Å². The van der Waals surface area contributed by atoms with E-state index in [0.717, 1.165) is 25.2 Å². The van der Waals surface area contributed by atoms with Crippen molar-refractivity contribution >= 4 is 11.6 Å². The second-order valence-electron chi connectivity index (χ2n) is 4.55. The van der Waals surface area contributed by atoms with Crippen molar-refractivity contribution in [1.82, 2.24) is 14.8 Å². The summed E-state index contributed by atoms with van der Waals surface area (Å²) in [4.78, 5) is 0. The molecule has 0 aliphatic heterocycles. The Kier molecular flexibility index (Phi) is 3.53. The molecular formula is C10H18ClN3. The van der Waals surface area contributed by atoms with E-state index in [4.69, 9.17) is 11.6 Å². The SMILES string of the molecule is CCCCn1c(Cl)nnc1C(C)(C)C. The second kappa shape index (κ2) is 4.30. The zero-order valence-electron chi connectivity index (χ0n) is 9.34. The molecule has 1 heterocycles. The summed E-state index contributed by atoms with van der Waals surface area (Å²) in [6.07, 6.45) is 2.26. The van der Waals surface area contributed by atoms with E-state index in [0.29, 0.717) is 5.28 Å². The molecule has 1 aromatic rings. The molecule has 4 heteroatoms. The molecule has 80 valence electrons. The highest BCUT2D eigenvalue weighted by atomic mass is 35.5. The van der Waals surface area contributed by atoms with E-state index in [1.165, 1.54) is 0 Å². The molecular weight excluding hydrogens is 198 g/mol. The smallest absolute Gasteiger partial charge is 0.225 e. The molecule has 0 N–H and O–H groups in total. The van der Waals surface area contributed by atoms with E-state index >= 15 is 0 Å². The predicted octanol–water partition coefficient (Wildman–Crippen LogP) is 3.03. The van der Waals surface area contributed by atoms with Crippen LogP contribution in [0.5, 0.6) is 0 Å². The monoisotopic (exact) mass is 215 g/mol. The highest BCUT2D eigenvalue weighted by molar-refractivity contribution is 6.28. The van der Waals surface area contributed by atoms with Crippen molar-refractivity contribution in [2.75, 3.05) is 0 Å². The number of halogens is 1. The average molecular weight is 216 g/mol. The van der Waals surface area contributed by atoms with Crippen LogP contribution >= 0.6 is 11.6 Å². The van der Waals surface area contributed by atoms with Gasteiger partial charge in [-0.25, -0.2) is 0 Å². The Morgan fingerprint density at radius 3 is 2.43 bits per heavy atom. The van der Waals surface area contributed by atoms with E-state index in [-0.39, 0.29) is 5.41 Å². The molecule has 0 bridgehead atoms. The molecule has 0 aliphatic rings. The predicted molar refractivity (Wildman–Crippen MR) is 58.6 cm³/mol. The Morgan fingerprint density at radius 2 is 1.93 bits per heavy atom. The van der Waals surface area contributed by atoms with E-state index in [2.05, 4.69) is 37.9 Å². The van der Waals surface area contributed by atoms with Crippen LogP contribution in [0.2, 0.25) is 5.28 Å². The van der Waals surface area contributed by atoms with E-state index in [1.807, 2.05) is 4.57 Å². The van der Waals surface area contributed by atoms with Gasteiger partial charge < -0.3 is 4.57 Å². The maximum Gasteiger partial charge on any atom is 0.225 e. The van der Waals surface area contributed by atoms with Gasteiger partial charge in [0.05, 0.1) is 0 Å². The Labute approximate surface area is 90.5 Å². The van der Waals surface area contributed by atoms with Gasteiger partial charge in [-0.05, 0) is 18.0 Å². The van der Waals surface area contributed by atoms with Gasteiger partial charge in [-0.15, -0.1) is 10.2 Å². The van der Waals surface area contributed by atoms with Gasteiger partial charge in [-0.2, -0.15) is 0 Å². The van der Waals surface area contributed by atoms with Crippen molar-refractivity contribution in [2.45, 2.75) is 52.5 Å². The largest absolute Gasteiger partial charge is 0.301 e. The van der Waals surface area contributed by atoms with Crippen LogP contribution < -0.4 is 0 Å². The van der Waals surface area contributed by atoms with Crippen LogP contribution in [-0.4, -0.2) is 14.8 Å². The molecule has 1 aromatic heterocycles. The average Bonchev–Trinajstić information content (AvgIpc) is 2.42. The minimum absolute atomic E-state index is 0.00782. The third kappa shape index (κ3) is 2.47. The number of nitrogens with zero attached hydrogens (tertiary/aromatic N) is 3. The lowest BCUT2D eigenvalue weighted by Gasteiger charge is -2.18. The van der Waals surface area contributed by atoms with Gasteiger partial charge in [-0.3, -0.25) is 0 Å². The third-order valence-corrected chi connectivity index (χ3v) is 2.39. The Balaban J connectivity index is 2.94. The van der Waals surface area contributed by atoms with Crippen LogP contribution in [-0.2, 0) is 12.0 Å². The minimum atomic E-state index is 0.00782. The maximum atomic E-state index is 5.98. The van der Waals surface area contributed by atoms with Crippen LogP contribution in [0.25, 0.3) is 0 Å². The van der Waals surface area contributed by atoms with Crippen LogP contribution in [0.15, 0.2) is 0 Å². The van der Waals surface area contributed by atoms with Gasteiger partial charge in [0.1, 0.15) is 5.82 Å². The highest BCUT2D eigenvalue weighted by Crippen LogP contribution is 2.23. The van der Waals surface area contributed by atoms with Crippen LogP contribution in [0, 0.1) is 0 Å². The number of hydrogen-bond acceptors (Lipinski definition) is 2. The Bertz CT molecular complexity index is 299. The lowest BCUT2D eigenvalue weighted by molar-refractivity contribution is 0.488. The van der Waals surface area contributed by atoms with Crippen molar-refractivity contribution in [1.29, 1.82) is 0 Å². The summed E-state index contributed by atoms with van der Waals surface area (Å²) in [6.45, 7) is 9.44. The number of rotatable bonds is 3. The van der Waals surface area contributed by atoms with Gasteiger partial charge in [0, 0.05) is 12.0 Å².